The number of nitrogens with one attached hydrogen (secondary N) is 1. The fourth-order valence-corrected chi connectivity index (χ4v) is 1.68. The van der Waals surface area contributed by atoms with Crippen molar-refractivity contribution < 1.29 is 23.1 Å². The van der Waals surface area contributed by atoms with E-state index in [1.54, 1.807) is 0 Å². The van der Waals surface area contributed by atoms with E-state index in [0.717, 1.165) is 6.20 Å². The number of hydrogen-bond donors (Lipinski definition) is 2. The number of carbonyl (C=O) groups is 1. The van der Waals surface area contributed by atoms with E-state index in [1.807, 2.05) is 0 Å². The lowest BCUT2D eigenvalue weighted by Gasteiger charge is -2.33. The Morgan fingerprint density at radius 2 is 1.89 bits per heavy atom. The lowest BCUT2D eigenvalue weighted by Crippen LogP contribution is -2.60. The Kier molecular flexibility index (Phi) is 3.19. The van der Waals surface area contributed by atoms with Gasteiger partial charge >= 0.3 is 6.18 Å². The molecule has 0 fully saturated rings. The van der Waals surface area contributed by atoms with Crippen molar-refractivity contribution in [1.82, 2.24) is 10.4 Å². The van der Waals surface area contributed by atoms with E-state index in [0.29, 0.717) is 11.1 Å². The molecule has 2 N–H and O–H groups in total. The van der Waals surface area contributed by atoms with Crippen molar-refractivity contribution in [1.29, 1.82) is 0 Å². The summed E-state index contributed by atoms with van der Waals surface area (Å²) in [6, 6.07) is 5.26. The van der Waals surface area contributed by atoms with Crippen LogP contribution in [0.15, 0.2) is 36.5 Å². The van der Waals surface area contributed by atoms with Crippen LogP contribution in [0.25, 0.3) is 0 Å². The SMILES string of the molecule is O=C(c1ccc(Cl)cc1)N1NC=C[C@@]1(O)C(F)(F)F. The average Bonchev–Trinajstić information content (AvgIpc) is 2.72. The molecule has 0 spiro atoms. The summed E-state index contributed by atoms with van der Waals surface area (Å²) in [5.41, 5.74) is -1.34. The second-order valence-electron chi connectivity index (χ2n) is 3.83. The molecule has 0 saturated heterocycles. The number of halogens is 4. The zero-order chi connectivity index (χ0) is 14.3. The molecule has 19 heavy (non-hydrogen) atoms. The summed E-state index contributed by atoms with van der Waals surface area (Å²) in [5.74, 6) is -1.03. The van der Waals surface area contributed by atoms with Crippen molar-refractivity contribution in [3.63, 3.8) is 0 Å². The van der Waals surface area contributed by atoms with Crippen LogP contribution in [0.2, 0.25) is 5.02 Å². The van der Waals surface area contributed by atoms with Gasteiger partial charge in [0.25, 0.3) is 11.6 Å². The van der Waals surface area contributed by atoms with Gasteiger partial charge in [-0.05, 0) is 30.3 Å². The van der Waals surface area contributed by atoms with E-state index >= 15 is 0 Å². The summed E-state index contributed by atoms with van der Waals surface area (Å²) < 4.78 is 38.3. The van der Waals surface area contributed by atoms with Crippen LogP contribution in [0.1, 0.15) is 10.4 Å². The van der Waals surface area contributed by atoms with Crippen molar-refractivity contribution in [2.75, 3.05) is 0 Å². The molecule has 102 valence electrons. The van der Waals surface area contributed by atoms with Crippen LogP contribution in [0.3, 0.4) is 0 Å². The Balaban J connectivity index is 2.32. The minimum Gasteiger partial charge on any atom is -0.359 e. The molecule has 1 aromatic carbocycles. The summed E-state index contributed by atoms with van der Waals surface area (Å²) in [4.78, 5) is 11.9. The summed E-state index contributed by atoms with van der Waals surface area (Å²) in [5, 5.41) is 10.0. The number of hydrogen-bond acceptors (Lipinski definition) is 3. The fraction of sp³-hybridized carbons (Fsp3) is 0.182. The van der Waals surface area contributed by atoms with Gasteiger partial charge in [0.2, 0.25) is 0 Å². The van der Waals surface area contributed by atoms with Crippen LogP contribution in [0, 0.1) is 0 Å². The summed E-state index contributed by atoms with van der Waals surface area (Å²) >= 11 is 5.62. The molecule has 1 amide bonds. The number of carbonyl (C=O) groups excluding carboxylic acids is 1. The van der Waals surface area contributed by atoms with E-state index < -0.39 is 17.8 Å². The van der Waals surface area contributed by atoms with Crippen molar-refractivity contribution in [3.05, 3.63) is 47.1 Å². The van der Waals surface area contributed by atoms with Gasteiger partial charge in [0, 0.05) is 16.8 Å². The minimum atomic E-state index is -5.02. The quantitative estimate of drug-likeness (QED) is 0.833. The Hall–Kier alpha value is -1.73. The molecule has 8 heteroatoms. The van der Waals surface area contributed by atoms with Gasteiger partial charge in [-0.25, -0.2) is 5.01 Å². The van der Waals surface area contributed by atoms with E-state index in [-0.39, 0.29) is 10.6 Å². The zero-order valence-corrected chi connectivity index (χ0v) is 10.0. The van der Waals surface area contributed by atoms with Crippen LogP contribution in [0.4, 0.5) is 13.2 Å². The molecule has 1 aliphatic heterocycles. The van der Waals surface area contributed by atoms with E-state index in [1.165, 1.54) is 24.3 Å². The molecule has 1 heterocycles. The van der Waals surface area contributed by atoms with E-state index in [4.69, 9.17) is 11.6 Å². The highest BCUT2D eigenvalue weighted by Crippen LogP contribution is 2.36. The Morgan fingerprint density at radius 1 is 1.32 bits per heavy atom. The highest BCUT2D eigenvalue weighted by molar-refractivity contribution is 6.30. The van der Waals surface area contributed by atoms with Crippen LogP contribution in [0.5, 0.6) is 0 Å². The third kappa shape index (κ3) is 2.26. The van der Waals surface area contributed by atoms with Gasteiger partial charge in [-0.2, -0.15) is 13.2 Å². The van der Waals surface area contributed by atoms with E-state index in [9.17, 15) is 23.1 Å². The predicted molar refractivity (Wildman–Crippen MR) is 60.9 cm³/mol. The molecule has 0 radical (unpaired) electrons. The number of amides is 1. The first kappa shape index (κ1) is 13.7. The number of rotatable bonds is 1. The number of nitrogens with zero attached hydrogens (tertiary/aromatic N) is 1. The van der Waals surface area contributed by atoms with Crippen LogP contribution in [-0.4, -0.2) is 27.9 Å². The first-order valence-corrected chi connectivity index (χ1v) is 5.46. The van der Waals surface area contributed by atoms with Crippen molar-refractivity contribution in [3.8, 4) is 0 Å². The second-order valence-corrected chi connectivity index (χ2v) is 4.27. The number of aliphatic hydroxyl groups is 1. The monoisotopic (exact) mass is 292 g/mol. The molecular formula is C11H8ClF3N2O2. The molecule has 0 unspecified atom stereocenters. The third-order valence-corrected chi connectivity index (χ3v) is 2.82. The molecular weight excluding hydrogens is 285 g/mol. The van der Waals surface area contributed by atoms with Crippen LogP contribution in [-0.2, 0) is 0 Å². The second kappa shape index (κ2) is 4.43. The molecule has 1 aliphatic rings. The van der Waals surface area contributed by atoms with Crippen molar-refractivity contribution in [2.45, 2.75) is 11.9 Å². The Morgan fingerprint density at radius 3 is 2.42 bits per heavy atom. The zero-order valence-electron chi connectivity index (χ0n) is 9.28. The molecule has 0 aromatic heterocycles. The van der Waals surface area contributed by atoms with Crippen molar-refractivity contribution >= 4 is 17.5 Å². The van der Waals surface area contributed by atoms with Gasteiger partial charge in [0.1, 0.15) is 0 Å². The number of benzene rings is 1. The third-order valence-electron chi connectivity index (χ3n) is 2.57. The first-order chi connectivity index (χ1) is 8.75. The molecule has 4 nitrogen and oxygen atoms in total. The van der Waals surface area contributed by atoms with E-state index in [2.05, 4.69) is 5.43 Å². The molecule has 0 saturated carbocycles. The van der Waals surface area contributed by atoms with Crippen molar-refractivity contribution in [2.24, 2.45) is 0 Å². The lowest BCUT2D eigenvalue weighted by atomic mass is 10.1. The Labute approximate surface area is 111 Å². The molecule has 2 rings (SSSR count). The van der Waals surface area contributed by atoms with Crippen LogP contribution < -0.4 is 5.43 Å². The molecule has 1 atom stereocenters. The standard InChI is InChI=1S/C11H8ClF3N2O2/c12-8-3-1-7(2-4-8)9(18)17-10(19,5-6-16-17)11(13,14)15/h1-6,16,19H/t10-/m1/s1. The molecule has 1 aromatic rings. The van der Waals surface area contributed by atoms with Gasteiger partial charge < -0.3 is 5.11 Å². The van der Waals surface area contributed by atoms with Gasteiger partial charge in [-0.1, -0.05) is 11.6 Å². The normalized spacial score (nSPS) is 22.5. The maximum absolute atomic E-state index is 12.8. The highest BCUT2D eigenvalue weighted by Gasteiger charge is 2.60. The Bertz CT molecular complexity index is 530. The number of alkyl halides is 3. The van der Waals surface area contributed by atoms with Crippen LogP contribution >= 0.6 is 11.6 Å². The van der Waals surface area contributed by atoms with Gasteiger partial charge in [0.05, 0.1) is 0 Å². The predicted octanol–water partition coefficient (Wildman–Crippen LogP) is 2.06. The topological polar surface area (TPSA) is 52.6 Å². The molecule has 0 bridgehead atoms. The maximum atomic E-state index is 12.8. The fourth-order valence-electron chi connectivity index (χ4n) is 1.56. The average molecular weight is 293 g/mol. The summed E-state index contributed by atoms with van der Waals surface area (Å²) in [6.07, 6.45) is -3.71. The first-order valence-electron chi connectivity index (χ1n) is 5.09. The molecule has 0 aliphatic carbocycles. The summed E-state index contributed by atoms with van der Waals surface area (Å²) in [6.45, 7) is 0. The minimum absolute atomic E-state index is 0.0386. The maximum Gasteiger partial charge on any atom is 0.442 e. The van der Waals surface area contributed by atoms with Gasteiger partial charge in [-0.15, -0.1) is 0 Å². The summed E-state index contributed by atoms with van der Waals surface area (Å²) in [7, 11) is 0. The highest BCUT2D eigenvalue weighted by atomic mass is 35.5. The van der Waals surface area contributed by atoms with Gasteiger partial charge in [0.15, 0.2) is 0 Å². The number of hydrazine groups is 1. The van der Waals surface area contributed by atoms with Gasteiger partial charge in [-0.3, -0.25) is 10.2 Å². The smallest absolute Gasteiger partial charge is 0.359 e. The largest absolute Gasteiger partial charge is 0.442 e. The lowest BCUT2D eigenvalue weighted by molar-refractivity contribution is -0.283.